The van der Waals surface area contributed by atoms with Crippen LogP contribution in [0.25, 0.3) is 5.69 Å². The molecular formula is C19H18N4OS. The van der Waals surface area contributed by atoms with E-state index < -0.39 is 0 Å². The van der Waals surface area contributed by atoms with Crippen LogP contribution in [0.2, 0.25) is 0 Å². The van der Waals surface area contributed by atoms with E-state index in [0.29, 0.717) is 11.2 Å². The van der Waals surface area contributed by atoms with Crippen molar-refractivity contribution in [1.82, 2.24) is 20.1 Å². The standard InChI is InChI=1S/C19H18N4OS/c24-18(21-15-11-12-15)17(14-7-3-1-4-8-14)25-19-22-20-13-23(19)16-9-5-2-6-10-16/h1-10,13,15,17H,11-12H2,(H,21,24)/t17-/m1/s1. The Labute approximate surface area is 150 Å². The fourth-order valence-electron chi connectivity index (χ4n) is 2.58. The minimum absolute atomic E-state index is 0.0290. The molecule has 126 valence electrons. The molecule has 1 fully saturated rings. The quantitative estimate of drug-likeness (QED) is 0.693. The highest BCUT2D eigenvalue weighted by molar-refractivity contribution is 8.00. The summed E-state index contributed by atoms with van der Waals surface area (Å²) in [6, 6.07) is 20.0. The second-order valence-corrected chi connectivity index (χ2v) is 7.08. The predicted octanol–water partition coefficient (Wildman–Crippen LogP) is 3.38. The van der Waals surface area contributed by atoms with E-state index in [1.807, 2.05) is 65.2 Å². The molecule has 0 unspecified atom stereocenters. The largest absolute Gasteiger partial charge is 0.352 e. The summed E-state index contributed by atoms with van der Waals surface area (Å²) in [6.45, 7) is 0. The molecule has 1 amide bonds. The zero-order chi connectivity index (χ0) is 17.1. The van der Waals surface area contributed by atoms with Crippen LogP contribution in [0.5, 0.6) is 0 Å². The van der Waals surface area contributed by atoms with E-state index in [2.05, 4.69) is 15.5 Å². The van der Waals surface area contributed by atoms with Gasteiger partial charge in [0, 0.05) is 11.7 Å². The van der Waals surface area contributed by atoms with Crippen LogP contribution >= 0.6 is 11.8 Å². The Kier molecular flexibility index (Phi) is 4.52. The minimum atomic E-state index is -0.353. The van der Waals surface area contributed by atoms with Crippen LogP contribution in [-0.4, -0.2) is 26.7 Å². The molecular weight excluding hydrogens is 332 g/mol. The van der Waals surface area contributed by atoms with Crippen LogP contribution in [-0.2, 0) is 4.79 Å². The lowest BCUT2D eigenvalue weighted by atomic mass is 10.1. The van der Waals surface area contributed by atoms with Crippen LogP contribution in [0.15, 0.2) is 72.1 Å². The van der Waals surface area contributed by atoms with E-state index in [9.17, 15) is 4.79 Å². The number of para-hydroxylation sites is 1. The third-order valence-electron chi connectivity index (χ3n) is 4.04. The fourth-order valence-corrected chi connectivity index (χ4v) is 3.62. The molecule has 1 aliphatic carbocycles. The topological polar surface area (TPSA) is 59.8 Å². The molecule has 1 saturated carbocycles. The van der Waals surface area contributed by atoms with Gasteiger partial charge in [0.25, 0.3) is 0 Å². The van der Waals surface area contributed by atoms with Crippen molar-refractivity contribution >= 4 is 17.7 Å². The minimum Gasteiger partial charge on any atom is -0.352 e. The highest BCUT2D eigenvalue weighted by Crippen LogP contribution is 2.36. The van der Waals surface area contributed by atoms with E-state index in [1.165, 1.54) is 11.8 Å². The van der Waals surface area contributed by atoms with Gasteiger partial charge in [0.15, 0.2) is 5.16 Å². The molecule has 1 N–H and O–H groups in total. The van der Waals surface area contributed by atoms with Crippen molar-refractivity contribution in [2.45, 2.75) is 29.3 Å². The summed E-state index contributed by atoms with van der Waals surface area (Å²) in [7, 11) is 0. The molecule has 1 atom stereocenters. The van der Waals surface area contributed by atoms with Gasteiger partial charge < -0.3 is 5.32 Å². The van der Waals surface area contributed by atoms with E-state index in [0.717, 1.165) is 24.1 Å². The van der Waals surface area contributed by atoms with Gasteiger partial charge in [0.05, 0.1) is 0 Å². The summed E-state index contributed by atoms with van der Waals surface area (Å²) < 4.78 is 1.91. The number of carbonyl (C=O) groups is 1. The van der Waals surface area contributed by atoms with Crippen LogP contribution in [0, 0.1) is 0 Å². The van der Waals surface area contributed by atoms with Crippen LogP contribution in [0.1, 0.15) is 23.7 Å². The van der Waals surface area contributed by atoms with Gasteiger partial charge in [-0.25, -0.2) is 0 Å². The molecule has 0 saturated heterocycles. The van der Waals surface area contributed by atoms with Crippen molar-refractivity contribution in [2.24, 2.45) is 0 Å². The maximum atomic E-state index is 12.8. The Morgan fingerprint density at radius 1 is 1.08 bits per heavy atom. The molecule has 1 aliphatic rings. The monoisotopic (exact) mass is 350 g/mol. The van der Waals surface area contributed by atoms with Gasteiger partial charge in [-0.2, -0.15) is 0 Å². The SMILES string of the molecule is O=C(NC1CC1)[C@H](Sc1nncn1-c1ccccc1)c1ccccc1. The van der Waals surface area contributed by atoms with E-state index >= 15 is 0 Å². The lowest BCUT2D eigenvalue weighted by Gasteiger charge is -2.16. The number of aromatic nitrogens is 3. The van der Waals surface area contributed by atoms with Crippen LogP contribution in [0.3, 0.4) is 0 Å². The molecule has 2 aromatic carbocycles. The van der Waals surface area contributed by atoms with E-state index in [1.54, 1.807) is 6.33 Å². The molecule has 0 aliphatic heterocycles. The maximum Gasteiger partial charge on any atom is 0.238 e. The van der Waals surface area contributed by atoms with Crippen LogP contribution in [0.4, 0.5) is 0 Å². The van der Waals surface area contributed by atoms with Gasteiger partial charge in [0.1, 0.15) is 11.6 Å². The van der Waals surface area contributed by atoms with Crippen LogP contribution < -0.4 is 5.32 Å². The maximum absolute atomic E-state index is 12.8. The van der Waals surface area contributed by atoms with Gasteiger partial charge in [-0.05, 0) is 30.5 Å². The average Bonchev–Trinajstić information content (AvgIpc) is 3.35. The molecule has 0 radical (unpaired) electrons. The summed E-state index contributed by atoms with van der Waals surface area (Å²) >= 11 is 1.43. The zero-order valence-corrected chi connectivity index (χ0v) is 14.4. The number of carbonyl (C=O) groups excluding carboxylic acids is 1. The number of benzene rings is 2. The average molecular weight is 350 g/mol. The number of rotatable bonds is 6. The normalized spacial score (nSPS) is 14.9. The molecule has 25 heavy (non-hydrogen) atoms. The van der Waals surface area contributed by atoms with E-state index in [-0.39, 0.29) is 11.2 Å². The smallest absolute Gasteiger partial charge is 0.238 e. The summed E-state index contributed by atoms with van der Waals surface area (Å²) in [6.07, 6.45) is 3.81. The molecule has 3 aromatic rings. The summed E-state index contributed by atoms with van der Waals surface area (Å²) in [5.41, 5.74) is 1.94. The van der Waals surface area contributed by atoms with Gasteiger partial charge in [-0.15, -0.1) is 10.2 Å². The molecule has 6 heteroatoms. The van der Waals surface area contributed by atoms with Crippen molar-refractivity contribution < 1.29 is 4.79 Å². The molecule has 4 rings (SSSR count). The Morgan fingerprint density at radius 2 is 1.76 bits per heavy atom. The molecule has 0 spiro atoms. The zero-order valence-electron chi connectivity index (χ0n) is 13.6. The van der Waals surface area contributed by atoms with Crippen molar-refractivity contribution in [3.8, 4) is 5.69 Å². The van der Waals surface area contributed by atoms with E-state index in [4.69, 9.17) is 0 Å². The number of nitrogens with zero attached hydrogens (tertiary/aromatic N) is 3. The molecule has 5 nitrogen and oxygen atoms in total. The van der Waals surface area contributed by atoms with Crippen molar-refractivity contribution in [3.63, 3.8) is 0 Å². The first-order valence-corrected chi connectivity index (χ1v) is 9.16. The number of thioether (sulfide) groups is 1. The molecule has 0 bridgehead atoms. The summed E-state index contributed by atoms with van der Waals surface area (Å²) in [5, 5.41) is 11.7. The third-order valence-corrected chi connectivity index (χ3v) is 5.25. The molecule has 1 aromatic heterocycles. The first-order chi connectivity index (χ1) is 12.3. The van der Waals surface area contributed by atoms with Crippen molar-refractivity contribution in [3.05, 3.63) is 72.6 Å². The fraction of sp³-hybridized carbons (Fsp3) is 0.211. The Hall–Kier alpha value is -2.60. The number of amides is 1. The van der Waals surface area contributed by atoms with Gasteiger partial charge in [-0.1, -0.05) is 60.3 Å². The van der Waals surface area contributed by atoms with Crippen molar-refractivity contribution in [1.29, 1.82) is 0 Å². The number of nitrogens with one attached hydrogen (secondary N) is 1. The first kappa shape index (κ1) is 15.9. The highest BCUT2D eigenvalue weighted by atomic mass is 32.2. The predicted molar refractivity (Wildman–Crippen MR) is 97.6 cm³/mol. The second kappa shape index (κ2) is 7.11. The number of hydrogen-bond donors (Lipinski definition) is 1. The summed E-state index contributed by atoms with van der Waals surface area (Å²) in [4.78, 5) is 12.8. The number of hydrogen-bond acceptors (Lipinski definition) is 4. The van der Waals surface area contributed by atoms with Gasteiger partial charge in [-0.3, -0.25) is 9.36 Å². The Balaban J connectivity index is 1.63. The lowest BCUT2D eigenvalue weighted by Crippen LogP contribution is -2.29. The van der Waals surface area contributed by atoms with Gasteiger partial charge in [0.2, 0.25) is 5.91 Å². The first-order valence-electron chi connectivity index (χ1n) is 8.29. The second-order valence-electron chi connectivity index (χ2n) is 6.01. The lowest BCUT2D eigenvalue weighted by molar-refractivity contribution is -0.120. The van der Waals surface area contributed by atoms with Gasteiger partial charge >= 0.3 is 0 Å². The Morgan fingerprint density at radius 3 is 2.44 bits per heavy atom. The molecule has 1 heterocycles. The van der Waals surface area contributed by atoms with Crippen molar-refractivity contribution in [2.75, 3.05) is 0 Å². The summed E-state index contributed by atoms with van der Waals surface area (Å²) in [5.74, 6) is 0.0290. The third kappa shape index (κ3) is 3.74. The highest BCUT2D eigenvalue weighted by Gasteiger charge is 2.30. The Bertz CT molecular complexity index is 846.